The SMILES string of the molecule is CC(C)NCc1ccc(Cn2ncc3ccccc32)o1. The fourth-order valence-electron chi connectivity index (χ4n) is 2.21. The molecule has 3 aromatic rings. The van der Waals surface area contributed by atoms with Crippen LogP contribution in [0, 0.1) is 0 Å². The maximum atomic E-state index is 5.83. The van der Waals surface area contributed by atoms with Gasteiger partial charge in [0.05, 0.1) is 24.8 Å². The third kappa shape index (κ3) is 2.75. The van der Waals surface area contributed by atoms with E-state index in [1.54, 1.807) is 0 Å². The number of nitrogens with one attached hydrogen (secondary N) is 1. The van der Waals surface area contributed by atoms with Gasteiger partial charge in [0.25, 0.3) is 0 Å². The first-order chi connectivity index (χ1) is 9.72. The summed E-state index contributed by atoms with van der Waals surface area (Å²) in [6, 6.07) is 12.7. The Hall–Kier alpha value is -2.07. The summed E-state index contributed by atoms with van der Waals surface area (Å²) in [6.45, 7) is 5.67. The highest BCUT2D eigenvalue weighted by molar-refractivity contribution is 5.78. The lowest BCUT2D eigenvalue weighted by Gasteiger charge is -2.05. The van der Waals surface area contributed by atoms with Crippen molar-refractivity contribution in [3.63, 3.8) is 0 Å². The lowest BCUT2D eigenvalue weighted by molar-refractivity contribution is 0.423. The van der Waals surface area contributed by atoms with Gasteiger partial charge in [-0.05, 0) is 18.2 Å². The van der Waals surface area contributed by atoms with Gasteiger partial charge >= 0.3 is 0 Å². The molecule has 2 aromatic heterocycles. The normalized spacial score (nSPS) is 11.6. The first kappa shape index (κ1) is 12.9. The van der Waals surface area contributed by atoms with E-state index in [0.29, 0.717) is 12.6 Å². The van der Waals surface area contributed by atoms with E-state index >= 15 is 0 Å². The number of para-hydroxylation sites is 1. The van der Waals surface area contributed by atoms with Crippen LogP contribution in [0.1, 0.15) is 25.4 Å². The lowest BCUT2D eigenvalue weighted by Crippen LogP contribution is -2.21. The lowest BCUT2D eigenvalue weighted by atomic mass is 10.2. The molecule has 0 unspecified atom stereocenters. The Morgan fingerprint density at radius 3 is 2.80 bits per heavy atom. The van der Waals surface area contributed by atoms with Crippen molar-refractivity contribution in [2.24, 2.45) is 0 Å². The largest absolute Gasteiger partial charge is 0.463 e. The molecule has 4 heteroatoms. The van der Waals surface area contributed by atoms with Crippen molar-refractivity contribution in [2.45, 2.75) is 33.0 Å². The molecule has 0 bridgehead atoms. The zero-order valence-corrected chi connectivity index (χ0v) is 11.8. The van der Waals surface area contributed by atoms with E-state index in [1.807, 2.05) is 35.1 Å². The highest BCUT2D eigenvalue weighted by Crippen LogP contribution is 2.16. The summed E-state index contributed by atoms with van der Waals surface area (Å²) in [5, 5.41) is 8.92. The van der Waals surface area contributed by atoms with Gasteiger partial charge in [0.1, 0.15) is 11.5 Å². The predicted octanol–water partition coefficient (Wildman–Crippen LogP) is 3.18. The number of fused-ring (bicyclic) bond motifs is 1. The second-order valence-corrected chi connectivity index (χ2v) is 5.26. The van der Waals surface area contributed by atoms with Crippen LogP contribution in [0.3, 0.4) is 0 Å². The summed E-state index contributed by atoms with van der Waals surface area (Å²) in [6.07, 6.45) is 1.89. The van der Waals surface area contributed by atoms with Crippen molar-refractivity contribution in [3.05, 3.63) is 54.1 Å². The number of rotatable bonds is 5. The molecule has 104 valence electrons. The van der Waals surface area contributed by atoms with Gasteiger partial charge in [0.15, 0.2) is 0 Å². The average Bonchev–Trinajstić information content (AvgIpc) is 3.05. The monoisotopic (exact) mass is 269 g/mol. The Morgan fingerprint density at radius 2 is 1.95 bits per heavy atom. The van der Waals surface area contributed by atoms with Crippen molar-refractivity contribution in [2.75, 3.05) is 0 Å². The van der Waals surface area contributed by atoms with E-state index in [1.165, 1.54) is 0 Å². The first-order valence-corrected chi connectivity index (χ1v) is 6.94. The molecular formula is C16H19N3O. The van der Waals surface area contributed by atoms with Crippen LogP contribution >= 0.6 is 0 Å². The molecule has 2 heterocycles. The van der Waals surface area contributed by atoms with Crippen LogP contribution in [0.25, 0.3) is 10.9 Å². The van der Waals surface area contributed by atoms with Crippen LogP contribution < -0.4 is 5.32 Å². The van der Waals surface area contributed by atoms with Gasteiger partial charge in [-0.2, -0.15) is 5.10 Å². The van der Waals surface area contributed by atoms with Gasteiger partial charge < -0.3 is 9.73 Å². The van der Waals surface area contributed by atoms with E-state index in [2.05, 4.69) is 36.4 Å². The molecule has 0 aliphatic rings. The fraction of sp³-hybridized carbons (Fsp3) is 0.312. The zero-order chi connectivity index (χ0) is 13.9. The van der Waals surface area contributed by atoms with E-state index in [9.17, 15) is 0 Å². The number of benzene rings is 1. The maximum Gasteiger partial charge on any atom is 0.125 e. The van der Waals surface area contributed by atoms with Crippen LogP contribution in [0.15, 0.2) is 47.0 Å². The van der Waals surface area contributed by atoms with Crippen molar-refractivity contribution < 1.29 is 4.42 Å². The van der Waals surface area contributed by atoms with E-state index < -0.39 is 0 Å². The Bertz CT molecular complexity index is 696. The smallest absolute Gasteiger partial charge is 0.125 e. The molecule has 0 amide bonds. The molecule has 0 atom stereocenters. The van der Waals surface area contributed by atoms with Crippen LogP contribution in [0.5, 0.6) is 0 Å². The number of aromatic nitrogens is 2. The number of furan rings is 1. The summed E-state index contributed by atoms with van der Waals surface area (Å²) in [5.74, 6) is 1.89. The Labute approximate surface area is 118 Å². The predicted molar refractivity (Wildman–Crippen MR) is 79.5 cm³/mol. The standard InChI is InChI=1S/C16H19N3O/c1-12(2)17-10-14-7-8-15(20-14)11-19-16-6-4-3-5-13(16)9-18-19/h3-9,12,17H,10-11H2,1-2H3. The summed E-state index contributed by atoms with van der Waals surface area (Å²) >= 11 is 0. The van der Waals surface area contributed by atoms with Crippen LogP contribution in [-0.2, 0) is 13.1 Å². The summed E-state index contributed by atoms with van der Waals surface area (Å²) < 4.78 is 7.80. The second-order valence-electron chi connectivity index (χ2n) is 5.26. The van der Waals surface area contributed by atoms with E-state index in [-0.39, 0.29) is 0 Å². The third-order valence-corrected chi connectivity index (χ3v) is 3.26. The van der Waals surface area contributed by atoms with Crippen LogP contribution in [0.2, 0.25) is 0 Å². The fourth-order valence-corrected chi connectivity index (χ4v) is 2.21. The molecule has 0 radical (unpaired) electrons. The van der Waals surface area contributed by atoms with Crippen molar-refractivity contribution in [3.8, 4) is 0 Å². The minimum atomic E-state index is 0.457. The van der Waals surface area contributed by atoms with E-state index in [0.717, 1.165) is 29.0 Å². The van der Waals surface area contributed by atoms with Crippen LogP contribution in [0.4, 0.5) is 0 Å². The highest BCUT2D eigenvalue weighted by Gasteiger charge is 2.06. The van der Waals surface area contributed by atoms with Crippen molar-refractivity contribution >= 4 is 10.9 Å². The van der Waals surface area contributed by atoms with Gasteiger partial charge in [-0.25, -0.2) is 0 Å². The van der Waals surface area contributed by atoms with E-state index in [4.69, 9.17) is 4.42 Å². The summed E-state index contributed by atoms with van der Waals surface area (Å²) in [7, 11) is 0. The Kier molecular flexibility index (Phi) is 3.56. The summed E-state index contributed by atoms with van der Waals surface area (Å²) in [4.78, 5) is 0. The molecule has 0 saturated heterocycles. The van der Waals surface area contributed by atoms with Gasteiger partial charge in [0.2, 0.25) is 0 Å². The number of hydrogen-bond donors (Lipinski definition) is 1. The summed E-state index contributed by atoms with van der Waals surface area (Å²) in [5.41, 5.74) is 1.13. The quantitative estimate of drug-likeness (QED) is 0.773. The molecule has 20 heavy (non-hydrogen) atoms. The zero-order valence-electron chi connectivity index (χ0n) is 11.8. The molecule has 0 spiro atoms. The molecule has 0 aliphatic heterocycles. The number of hydrogen-bond acceptors (Lipinski definition) is 3. The average molecular weight is 269 g/mol. The second kappa shape index (κ2) is 5.51. The number of nitrogens with zero attached hydrogens (tertiary/aromatic N) is 2. The molecule has 0 saturated carbocycles. The molecule has 3 rings (SSSR count). The minimum absolute atomic E-state index is 0.457. The Balaban J connectivity index is 1.74. The molecule has 0 fully saturated rings. The van der Waals surface area contributed by atoms with Crippen molar-refractivity contribution in [1.82, 2.24) is 15.1 Å². The third-order valence-electron chi connectivity index (χ3n) is 3.26. The molecule has 1 aromatic carbocycles. The maximum absolute atomic E-state index is 5.83. The highest BCUT2D eigenvalue weighted by atomic mass is 16.3. The first-order valence-electron chi connectivity index (χ1n) is 6.94. The van der Waals surface area contributed by atoms with Gasteiger partial charge in [-0.1, -0.05) is 32.0 Å². The Morgan fingerprint density at radius 1 is 1.15 bits per heavy atom. The van der Waals surface area contributed by atoms with Gasteiger partial charge in [-0.15, -0.1) is 0 Å². The molecule has 4 nitrogen and oxygen atoms in total. The molecular weight excluding hydrogens is 250 g/mol. The molecule has 1 N–H and O–H groups in total. The topological polar surface area (TPSA) is 43.0 Å². The van der Waals surface area contributed by atoms with Gasteiger partial charge in [0, 0.05) is 11.4 Å². The minimum Gasteiger partial charge on any atom is -0.463 e. The molecule has 0 aliphatic carbocycles. The van der Waals surface area contributed by atoms with Crippen LogP contribution in [-0.4, -0.2) is 15.8 Å². The van der Waals surface area contributed by atoms with Gasteiger partial charge in [-0.3, -0.25) is 4.68 Å². The van der Waals surface area contributed by atoms with Crippen molar-refractivity contribution in [1.29, 1.82) is 0 Å².